The van der Waals surface area contributed by atoms with Crippen LogP contribution in [0.5, 0.6) is 0 Å². The summed E-state index contributed by atoms with van der Waals surface area (Å²) < 4.78 is 0. The van der Waals surface area contributed by atoms with Gasteiger partial charge in [0.2, 0.25) is 0 Å². The van der Waals surface area contributed by atoms with Gasteiger partial charge in [-0.2, -0.15) is 0 Å². The van der Waals surface area contributed by atoms with Crippen LogP contribution in [0.1, 0.15) is 5.56 Å². The normalized spacial score (nSPS) is 12.0. The van der Waals surface area contributed by atoms with E-state index in [0.717, 1.165) is 13.0 Å². The Morgan fingerprint density at radius 1 is 1.05 bits per heavy atom. The fourth-order valence-electron chi connectivity index (χ4n) is 1.46. The molecule has 8 N–H and O–H groups in total. The molecule has 1 aromatic carbocycles. The van der Waals surface area contributed by atoms with Crippen LogP contribution in [0.4, 0.5) is 0 Å². The zero-order chi connectivity index (χ0) is 14.1. The molecule has 0 heterocycles. The van der Waals surface area contributed by atoms with Crippen molar-refractivity contribution in [3.05, 3.63) is 72.1 Å². The molecule has 102 valence electrons. The smallest absolute Gasteiger partial charge is 0.102 e. The average Bonchev–Trinajstić information content (AvgIpc) is 2.37. The lowest BCUT2D eigenvalue weighted by Crippen LogP contribution is -2.24. The average molecular weight is 259 g/mol. The number of nitrogens with two attached hydrogens (primary N) is 3. The van der Waals surface area contributed by atoms with E-state index < -0.39 is 0 Å². The summed E-state index contributed by atoms with van der Waals surface area (Å²) in [6.45, 7) is 4.24. The third-order valence-electron chi connectivity index (χ3n) is 2.33. The van der Waals surface area contributed by atoms with Crippen molar-refractivity contribution in [2.45, 2.75) is 6.42 Å². The molecule has 0 aliphatic rings. The van der Waals surface area contributed by atoms with E-state index in [1.165, 1.54) is 5.56 Å². The first-order valence-electron chi connectivity index (χ1n) is 6.00. The van der Waals surface area contributed by atoms with Gasteiger partial charge in [0.15, 0.2) is 0 Å². The van der Waals surface area contributed by atoms with Crippen LogP contribution in [0.15, 0.2) is 66.5 Å². The van der Waals surface area contributed by atoms with Crippen molar-refractivity contribution in [3.8, 4) is 0 Å². The highest BCUT2D eigenvalue weighted by Crippen LogP contribution is 1.98. The first kappa shape index (κ1) is 14.5. The van der Waals surface area contributed by atoms with E-state index in [0.29, 0.717) is 11.6 Å². The molecule has 0 unspecified atom stereocenters. The molecule has 19 heavy (non-hydrogen) atoms. The van der Waals surface area contributed by atoms with Crippen LogP contribution < -0.4 is 27.8 Å². The van der Waals surface area contributed by atoms with E-state index >= 15 is 0 Å². The van der Waals surface area contributed by atoms with Gasteiger partial charge in [0, 0.05) is 6.54 Å². The first-order chi connectivity index (χ1) is 9.08. The Morgan fingerprint density at radius 3 is 2.32 bits per heavy atom. The highest BCUT2D eigenvalue weighted by Gasteiger charge is 1.92. The molecule has 0 aliphatic carbocycles. The monoisotopic (exact) mass is 259 g/mol. The summed E-state index contributed by atoms with van der Waals surface area (Å²) in [5.74, 6) is 1.22. The zero-order valence-electron chi connectivity index (χ0n) is 10.9. The standard InChI is InChI=1S/C14H21N5/c1-11(15)19-14(17)8-7-13(16)18-10-9-12-5-3-2-4-6-12/h2-8,18-19H,1,9-10,15-17H2/b13-7+,14-8+. The molecule has 0 bridgehead atoms. The van der Waals surface area contributed by atoms with Gasteiger partial charge < -0.3 is 27.8 Å². The van der Waals surface area contributed by atoms with Crippen molar-refractivity contribution >= 4 is 0 Å². The van der Waals surface area contributed by atoms with Gasteiger partial charge >= 0.3 is 0 Å². The Kier molecular flexibility index (Phi) is 5.88. The summed E-state index contributed by atoms with van der Waals surface area (Å²) in [6, 6.07) is 10.2. The molecule has 0 fully saturated rings. The quantitative estimate of drug-likeness (QED) is 0.457. The summed E-state index contributed by atoms with van der Waals surface area (Å²) in [6.07, 6.45) is 4.21. The van der Waals surface area contributed by atoms with Crippen molar-refractivity contribution < 1.29 is 0 Å². The predicted octanol–water partition coefficient (Wildman–Crippen LogP) is 0.438. The highest BCUT2D eigenvalue weighted by molar-refractivity contribution is 5.16. The largest absolute Gasteiger partial charge is 0.386 e. The molecule has 5 heteroatoms. The SMILES string of the molecule is C=C(N)N/C(N)=C/C=C(\N)NCCc1ccccc1. The van der Waals surface area contributed by atoms with Crippen LogP contribution >= 0.6 is 0 Å². The minimum Gasteiger partial charge on any atom is -0.386 e. The predicted molar refractivity (Wildman–Crippen MR) is 79.2 cm³/mol. The summed E-state index contributed by atoms with van der Waals surface area (Å²) >= 11 is 0. The molecule has 0 spiro atoms. The molecule has 0 aromatic heterocycles. The highest BCUT2D eigenvalue weighted by atomic mass is 15.1. The van der Waals surface area contributed by atoms with Gasteiger partial charge in [0.25, 0.3) is 0 Å². The van der Waals surface area contributed by atoms with Crippen LogP contribution in [0.2, 0.25) is 0 Å². The molecule has 0 radical (unpaired) electrons. The van der Waals surface area contributed by atoms with Gasteiger partial charge in [-0.25, -0.2) is 0 Å². The molecule has 0 saturated carbocycles. The van der Waals surface area contributed by atoms with Crippen LogP contribution in [-0.2, 0) is 6.42 Å². The van der Waals surface area contributed by atoms with Gasteiger partial charge in [-0.05, 0) is 24.1 Å². The van der Waals surface area contributed by atoms with Crippen molar-refractivity contribution in [2.75, 3.05) is 6.54 Å². The van der Waals surface area contributed by atoms with E-state index in [9.17, 15) is 0 Å². The Bertz CT molecular complexity index is 462. The molecule has 1 aromatic rings. The second-order valence-electron chi connectivity index (χ2n) is 4.06. The fourth-order valence-corrected chi connectivity index (χ4v) is 1.46. The fraction of sp³-hybridized carbons (Fsp3) is 0.143. The van der Waals surface area contributed by atoms with Crippen molar-refractivity contribution in [2.24, 2.45) is 17.2 Å². The first-order valence-corrected chi connectivity index (χ1v) is 6.00. The number of benzene rings is 1. The van der Waals surface area contributed by atoms with E-state index in [1.807, 2.05) is 18.2 Å². The van der Waals surface area contributed by atoms with Crippen molar-refractivity contribution in [1.29, 1.82) is 0 Å². The number of hydrogen-bond donors (Lipinski definition) is 5. The Labute approximate surface area is 113 Å². The van der Waals surface area contributed by atoms with Crippen LogP contribution in [0, 0.1) is 0 Å². The van der Waals surface area contributed by atoms with Gasteiger partial charge in [-0.15, -0.1) is 0 Å². The Morgan fingerprint density at radius 2 is 1.68 bits per heavy atom. The zero-order valence-corrected chi connectivity index (χ0v) is 10.9. The summed E-state index contributed by atoms with van der Waals surface area (Å²) in [5.41, 5.74) is 18.0. The second-order valence-corrected chi connectivity index (χ2v) is 4.06. The van der Waals surface area contributed by atoms with Gasteiger partial charge in [0.1, 0.15) is 5.82 Å². The van der Waals surface area contributed by atoms with Crippen LogP contribution in [0.25, 0.3) is 0 Å². The maximum Gasteiger partial charge on any atom is 0.102 e. The number of allylic oxidation sites excluding steroid dienone is 2. The molecular weight excluding hydrogens is 238 g/mol. The summed E-state index contributed by atoms with van der Waals surface area (Å²) in [5, 5.41) is 5.77. The lowest BCUT2D eigenvalue weighted by Gasteiger charge is -2.06. The Hall–Kier alpha value is -2.56. The van der Waals surface area contributed by atoms with Gasteiger partial charge in [-0.3, -0.25) is 0 Å². The molecular formula is C14H21N5. The maximum absolute atomic E-state index is 5.79. The molecule has 1 rings (SSSR count). The van der Waals surface area contributed by atoms with E-state index in [2.05, 4.69) is 29.3 Å². The molecule has 5 nitrogen and oxygen atoms in total. The van der Waals surface area contributed by atoms with Crippen molar-refractivity contribution in [1.82, 2.24) is 10.6 Å². The lowest BCUT2D eigenvalue weighted by atomic mass is 10.1. The molecule has 0 aliphatic heterocycles. The Balaban J connectivity index is 2.34. The van der Waals surface area contributed by atoms with E-state index in [4.69, 9.17) is 17.2 Å². The summed E-state index contributed by atoms with van der Waals surface area (Å²) in [4.78, 5) is 0. The van der Waals surface area contributed by atoms with Crippen LogP contribution in [0.3, 0.4) is 0 Å². The maximum atomic E-state index is 5.79. The third-order valence-corrected chi connectivity index (χ3v) is 2.33. The molecule has 0 saturated heterocycles. The second kappa shape index (κ2) is 7.71. The van der Waals surface area contributed by atoms with Gasteiger partial charge in [-0.1, -0.05) is 36.9 Å². The molecule has 0 atom stereocenters. The minimum absolute atomic E-state index is 0.290. The van der Waals surface area contributed by atoms with E-state index in [1.54, 1.807) is 12.2 Å². The lowest BCUT2D eigenvalue weighted by molar-refractivity contribution is 0.778. The molecule has 0 amide bonds. The topological polar surface area (TPSA) is 102 Å². The number of rotatable bonds is 7. The number of hydrogen-bond acceptors (Lipinski definition) is 5. The minimum atomic E-state index is 0.290. The van der Waals surface area contributed by atoms with E-state index in [-0.39, 0.29) is 5.82 Å². The number of nitrogens with one attached hydrogen (secondary N) is 2. The summed E-state index contributed by atoms with van der Waals surface area (Å²) in [7, 11) is 0. The van der Waals surface area contributed by atoms with Crippen LogP contribution in [-0.4, -0.2) is 6.54 Å². The van der Waals surface area contributed by atoms with Gasteiger partial charge in [0.05, 0.1) is 11.6 Å². The third kappa shape index (κ3) is 6.68. The van der Waals surface area contributed by atoms with Crippen molar-refractivity contribution in [3.63, 3.8) is 0 Å².